The van der Waals surface area contributed by atoms with Crippen LogP contribution in [0.4, 0.5) is 0 Å². The van der Waals surface area contributed by atoms with Gasteiger partial charge in [0.05, 0.1) is 29.1 Å². The molecule has 0 saturated heterocycles. The minimum Gasteiger partial charge on any atom is -0.478 e. The molecule has 0 saturated carbocycles. The molecule has 5 nitrogen and oxygen atoms in total. The number of carboxylic acids is 1. The number of aryl methyl sites for hydroxylation is 2. The van der Waals surface area contributed by atoms with Crippen molar-refractivity contribution in [2.45, 2.75) is 20.3 Å². The van der Waals surface area contributed by atoms with Gasteiger partial charge in [-0.05, 0) is 19.9 Å². The van der Waals surface area contributed by atoms with Crippen LogP contribution in [0.1, 0.15) is 26.6 Å². The molecule has 0 bridgehead atoms. The molecule has 0 atom stereocenters. The van der Waals surface area contributed by atoms with Crippen molar-refractivity contribution in [3.63, 3.8) is 0 Å². The van der Waals surface area contributed by atoms with Crippen molar-refractivity contribution in [1.82, 2.24) is 9.97 Å². The van der Waals surface area contributed by atoms with Crippen LogP contribution in [0.3, 0.4) is 0 Å². The molecule has 0 aliphatic rings. The average Bonchev–Trinajstić information content (AvgIpc) is 2.75. The van der Waals surface area contributed by atoms with Gasteiger partial charge in [-0.3, -0.25) is 0 Å². The van der Waals surface area contributed by atoms with Gasteiger partial charge in [0.15, 0.2) is 0 Å². The highest BCUT2D eigenvalue weighted by molar-refractivity contribution is 7.09. The van der Waals surface area contributed by atoms with Crippen molar-refractivity contribution < 1.29 is 14.6 Å². The number of carboxylic acid groups (broad SMARTS) is 1. The van der Waals surface area contributed by atoms with E-state index in [1.54, 1.807) is 24.3 Å². The van der Waals surface area contributed by atoms with Crippen molar-refractivity contribution in [2.24, 2.45) is 0 Å². The lowest BCUT2D eigenvalue weighted by Gasteiger charge is -2.06. The molecule has 2 rings (SSSR count). The molecule has 0 radical (unpaired) electrons. The molecule has 2 aromatic rings. The third-order valence-electron chi connectivity index (χ3n) is 2.71. The SMILES string of the molecule is Cc1nc(OCCc2scnc2C)ccc1C(=O)O. The summed E-state index contributed by atoms with van der Waals surface area (Å²) < 4.78 is 5.52. The molecule has 2 heterocycles. The van der Waals surface area contributed by atoms with E-state index in [2.05, 4.69) is 9.97 Å². The zero-order valence-electron chi connectivity index (χ0n) is 10.7. The standard InChI is InChI=1S/C13H14N2O3S/c1-8-10(13(16)17)3-4-12(15-8)18-6-5-11-9(2)14-7-19-11/h3-4,7H,5-6H2,1-2H3,(H,16,17). The maximum absolute atomic E-state index is 10.9. The van der Waals surface area contributed by atoms with Gasteiger partial charge in [0, 0.05) is 17.4 Å². The second kappa shape index (κ2) is 5.79. The van der Waals surface area contributed by atoms with E-state index >= 15 is 0 Å². The zero-order valence-corrected chi connectivity index (χ0v) is 11.5. The summed E-state index contributed by atoms with van der Waals surface area (Å²) in [5.74, 6) is -0.526. The highest BCUT2D eigenvalue weighted by atomic mass is 32.1. The van der Waals surface area contributed by atoms with Gasteiger partial charge in [0.1, 0.15) is 0 Å². The first-order chi connectivity index (χ1) is 9.08. The Labute approximate surface area is 114 Å². The van der Waals surface area contributed by atoms with Gasteiger partial charge < -0.3 is 9.84 Å². The van der Waals surface area contributed by atoms with E-state index in [0.717, 1.165) is 12.1 Å². The van der Waals surface area contributed by atoms with Gasteiger partial charge in [-0.15, -0.1) is 11.3 Å². The van der Waals surface area contributed by atoms with Gasteiger partial charge in [0.2, 0.25) is 5.88 Å². The molecular formula is C13H14N2O3S. The fourth-order valence-corrected chi connectivity index (χ4v) is 2.42. The highest BCUT2D eigenvalue weighted by Gasteiger charge is 2.09. The number of pyridine rings is 1. The van der Waals surface area contributed by atoms with Crippen molar-refractivity contribution in [3.8, 4) is 5.88 Å². The smallest absolute Gasteiger partial charge is 0.337 e. The molecule has 2 aromatic heterocycles. The van der Waals surface area contributed by atoms with E-state index in [0.29, 0.717) is 18.2 Å². The lowest BCUT2D eigenvalue weighted by Crippen LogP contribution is -2.06. The van der Waals surface area contributed by atoms with Crippen LogP contribution in [0.15, 0.2) is 17.6 Å². The van der Waals surface area contributed by atoms with Crippen molar-refractivity contribution in [3.05, 3.63) is 39.5 Å². The second-order valence-electron chi connectivity index (χ2n) is 4.05. The van der Waals surface area contributed by atoms with Crippen molar-refractivity contribution in [1.29, 1.82) is 0 Å². The first-order valence-electron chi connectivity index (χ1n) is 5.80. The number of hydrogen-bond donors (Lipinski definition) is 1. The zero-order chi connectivity index (χ0) is 13.8. The Balaban J connectivity index is 1.95. The molecule has 0 aliphatic heterocycles. The van der Waals surface area contributed by atoms with Gasteiger partial charge in [-0.2, -0.15) is 0 Å². The van der Waals surface area contributed by atoms with Gasteiger partial charge >= 0.3 is 5.97 Å². The number of hydrogen-bond acceptors (Lipinski definition) is 5. The summed E-state index contributed by atoms with van der Waals surface area (Å²) in [6.45, 7) is 4.13. The molecule has 6 heteroatoms. The van der Waals surface area contributed by atoms with E-state index in [1.807, 2.05) is 12.4 Å². The highest BCUT2D eigenvalue weighted by Crippen LogP contribution is 2.15. The topological polar surface area (TPSA) is 72.3 Å². The monoisotopic (exact) mass is 278 g/mol. The van der Waals surface area contributed by atoms with E-state index in [9.17, 15) is 4.79 Å². The largest absolute Gasteiger partial charge is 0.478 e. The first-order valence-corrected chi connectivity index (χ1v) is 6.68. The van der Waals surface area contributed by atoms with E-state index in [-0.39, 0.29) is 5.56 Å². The van der Waals surface area contributed by atoms with Crippen LogP contribution in [-0.2, 0) is 6.42 Å². The number of nitrogens with zero attached hydrogens (tertiary/aromatic N) is 2. The Morgan fingerprint density at radius 2 is 2.16 bits per heavy atom. The Bertz CT molecular complexity index is 595. The average molecular weight is 278 g/mol. The number of aromatic nitrogens is 2. The summed E-state index contributed by atoms with van der Waals surface area (Å²) in [5.41, 5.74) is 3.50. The van der Waals surface area contributed by atoms with Crippen molar-refractivity contribution >= 4 is 17.3 Å². The number of thiazole rings is 1. The van der Waals surface area contributed by atoms with Gasteiger partial charge in [-0.25, -0.2) is 14.8 Å². The Kier molecular flexibility index (Phi) is 4.11. The summed E-state index contributed by atoms with van der Waals surface area (Å²) in [7, 11) is 0. The molecule has 1 N–H and O–H groups in total. The Morgan fingerprint density at radius 1 is 1.37 bits per heavy atom. The molecule has 19 heavy (non-hydrogen) atoms. The number of rotatable bonds is 5. The van der Waals surface area contributed by atoms with Crippen LogP contribution in [0.25, 0.3) is 0 Å². The summed E-state index contributed by atoms with van der Waals surface area (Å²) in [5, 5.41) is 8.90. The molecule has 0 unspecified atom stereocenters. The lowest BCUT2D eigenvalue weighted by molar-refractivity contribution is 0.0695. The molecule has 0 aromatic carbocycles. The fraction of sp³-hybridized carbons (Fsp3) is 0.308. The quantitative estimate of drug-likeness (QED) is 0.909. The van der Waals surface area contributed by atoms with E-state index in [1.165, 1.54) is 10.9 Å². The predicted molar refractivity (Wildman–Crippen MR) is 72.0 cm³/mol. The summed E-state index contributed by atoms with van der Waals surface area (Å²) in [6.07, 6.45) is 0.776. The Hall–Kier alpha value is -1.95. The minimum atomic E-state index is -0.975. The molecule has 0 spiro atoms. The fourth-order valence-electron chi connectivity index (χ4n) is 1.66. The number of aromatic carboxylic acids is 1. The predicted octanol–water partition coefficient (Wildman–Crippen LogP) is 2.47. The number of ether oxygens (including phenoxy) is 1. The van der Waals surface area contributed by atoms with Crippen LogP contribution in [0.2, 0.25) is 0 Å². The molecule has 100 valence electrons. The van der Waals surface area contributed by atoms with Gasteiger partial charge in [0.25, 0.3) is 0 Å². The number of carbonyl (C=O) groups is 1. The second-order valence-corrected chi connectivity index (χ2v) is 4.99. The Morgan fingerprint density at radius 3 is 2.74 bits per heavy atom. The van der Waals surface area contributed by atoms with E-state index < -0.39 is 5.97 Å². The molecular weight excluding hydrogens is 264 g/mol. The third kappa shape index (κ3) is 3.29. The van der Waals surface area contributed by atoms with Crippen molar-refractivity contribution in [2.75, 3.05) is 6.61 Å². The van der Waals surface area contributed by atoms with Gasteiger partial charge in [-0.1, -0.05) is 0 Å². The van der Waals surface area contributed by atoms with Crippen LogP contribution in [0, 0.1) is 13.8 Å². The summed E-state index contributed by atoms with van der Waals surface area (Å²) in [4.78, 5) is 20.3. The van der Waals surface area contributed by atoms with Crippen LogP contribution < -0.4 is 4.74 Å². The third-order valence-corrected chi connectivity index (χ3v) is 3.71. The summed E-state index contributed by atoms with van der Waals surface area (Å²) in [6, 6.07) is 3.09. The maximum atomic E-state index is 10.9. The minimum absolute atomic E-state index is 0.200. The molecule has 0 amide bonds. The summed E-state index contributed by atoms with van der Waals surface area (Å²) >= 11 is 1.60. The lowest BCUT2D eigenvalue weighted by atomic mass is 10.2. The maximum Gasteiger partial charge on any atom is 0.337 e. The molecule has 0 aliphatic carbocycles. The first kappa shape index (κ1) is 13.5. The van der Waals surface area contributed by atoms with Crippen LogP contribution in [-0.4, -0.2) is 27.7 Å². The van der Waals surface area contributed by atoms with E-state index in [4.69, 9.17) is 9.84 Å². The van der Waals surface area contributed by atoms with Crippen LogP contribution >= 0.6 is 11.3 Å². The normalized spacial score (nSPS) is 10.4. The molecule has 0 fully saturated rings. The van der Waals surface area contributed by atoms with Crippen LogP contribution in [0.5, 0.6) is 5.88 Å².